The van der Waals surface area contributed by atoms with E-state index in [0.29, 0.717) is 36.1 Å². The fraction of sp³-hybridized carbons (Fsp3) is 0.419. The average Bonchev–Trinajstić information content (AvgIpc) is 2.81. The Hall–Kier alpha value is -3.54. The Kier molecular flexibility index (Phi) is 6.17. The van der Waals surface area contributed by atoms with Crippen molar-refractivity contribution in [2.24, 2.45) is 10.8 Å². The third-order valence-electron chi connectivity index (χ3n) is 7.90. The Bertz CT molecular complexity index is 1300. The molecule has 1 heterocycles. The number of Topliss-reactive ketones (excluding diaryl/α,β-unsaturated/α-hetero) is 2. The minimum absolute atomic E-state index is 0.0273. The fourth-order valence-electron chi connectivity index (χ4n) is 6.35. The fourth-order valence-corrected chi connectivity index (χ4v) is 6.35. The lowest BCUT2D eigenvalue weighted by Gasteiger charge is -2.49. The minimum atomic E-state index is -0.565. The average molecular weight is 499 g/mol. The summed E-state index contributed by atoms with van der Waals surface area (Å²) >= 11 is 0. The van der Waals surface area contributed by atoms with Gasteiger partial charge in [-0.1, -0.05) is 70.2 Å². The van der Waals surface area contributed by atoms with Gasteiger partial charge in [-0.3, -0.25) is 19.7 Å². The van der Waals surface area contributed by atoms with Crippen molar-refractivity contribution < 1.29 is 14.5 Å². The molecule has 1 aliphatic heterocycles. The molecule has 2 aromatic carbocycles. The lowest BCUT2D eigenvalue weighted by Crippen LogP contribution is -2.45. The molecule has 0 aromatic heterocycles. The topological polar surface area (TPSA) is 80.5 Å². The second-order valence-corrected chi connectivity index (χ2v) is 12.3. The lowest BCUT2D eigenvalue weighted by atomic mass is 9.63. The van der Waals surface area contributed by atoms with Crippen molar-refractivity contribution in [2.75, 3.05) is 6.54 Å². The van der Waals surface area contributed by atoms with E-state index in [9.17, 15) is 19.7 Å². The van der Waals surface area contributed by atoms with Gasteiger partial charge in [-0.05, 0) is 41.2 Å². The molecule has 0 spiro atoms. The number of nitro groups is 1. The highest BCUT2D eigenvalue weighted by Crippen LogP contribution is 2.54. The monoisotopic (exact) mass is 498 g/mol. The van der Waals surface area contributed by atoms with Gasteiger partial charge in [0.2, 0.25) is 0 Å². The van der Waals surface area contributed by atoms with E-state index in [-0.39, 0.29) is 28.1 Å². The molecule has 2 aromatic rings. The van der Waals surface area contributed by atoms with Crippen LogP contribution in [0.5, 0.6) is 0 Å². The van der Waals surface area contributed by atoms with E-state index in [1.165, 1.54) is 11.6 Å². The summed E-state index contributed by atoms with van der Waals surface area (Å²) in [5.74, 6) is -0.488. The van der Waals surface area contributed by atoms with Gasteiger partial charge in [-0.25, -0.2) is 0 Å². The third-order valence-corrected chi connectivity index (χ3v) is 7.90. The van der Waals surface area contributed by atoms with E-state index >= 15 is 0 Å². The zero-order valence-corrected chi connectivity index (χ0v) is 22.0. The summed E-state index contributed by atoms with van der Waals surface area (Å²) in [5.41, 5.74) is 4.69. The number of hydrogen-bond acceptors (Lipinski definition) is 5. The smallest absolute Gasteiger partial charge is 0.269 e. The van der Waals surface area contributed by atoms with Crippen molar-refractivity contribution in [1.29, 1.82) is 0 Å². The van der Waals surface area contributed by atoms with Crippen LogP contribution in [0, 0.1) is 20.9 Å². The molecule has 6 nitrogen and oxygen atoms in total. The SMILES string of the molecule is CC1(C)CC(=O)C2=C(C1)N(CCc1ccccc1)C1=C(C(=O)CC(C)(C)C1)C2c1cccc([N+](=O)[O-])c1. The summed E-state index contributed by atoms with van der Waals surface area (Å²) in [7, 11) is 0. The first-order valence-corrected chi connectivity index (χ1v) is 13.0. The molecule has 0 fully saturated rings. The van der Waals surface area contributed by atoms with Gasteiger partial charge in [0.1, 0.15) is 0 Å². The molecule has 0 atom stereocenters. The predicted molar refractivity (Wildman–Crippen MR) is 143 cm³/mol. The predicted octanol–water partition coefficient (Wildman–Crippen LogP) is 6.52. The number of non-ortho nitro benzene ring substituents is 1. The van der Waals surface area contributed by atoms with Crippen molar-refractivity contribution in [2.45, 2.75) is 65.7 Å². The molecular weight excluding hydrogens is 464 g/mol. The van der Waals surface area contributed by atoms with Gasteiger partial charge in [-0.15, -0.1) is 0 Å². The normalized spacial score (nSPS) is 21.1. The van der Waals surface area contributed by atoms with Gasteiger partial charge in [0.25, 0.3) is 5.69 Å². The Morgan fingerprint density at radius 1 is 0.838 bits per heavy atom. The number of carbonyl (C=O) groups is 2. The van der Waals surface area contributed by atoms with Crippen LogP contribution in [0.2, 0.25) is 0 Å². The molecule has 0 N–H and O–H groups in total. The number of allylic oxidation sites excluding steroid dienone is 4. The number of nitro benzene ring substituents is 1. The highest BCUT2D eigenvalue weighted by Gasteiger charge is 2.49. The number of hydrogen-bond donors (Lipinski definition) is 0. The van der Waals surface area contributed by atoms with Crippen LogP contribution in [0.15, 0.2) is 77.1 Å². The third kappa shape index (κ3) is 4.77. The molecule has 5 rings (SSSR count). The lowest BCUT2D eigenvalue weighted by molar-refractivity contribution is -0.384. The van der Waals surface area contributed by atoms with Crippen molar-refractivity contribution >= 4 is 17.3 Å². The number of ketones is 2. The van der Waals surface area contributed by atoms with Crippen LogP contribution in [-0.2, 0) is 16.0 Å². The quantitative estimate of drug-likeness (QED) is 0.346. The molecule has 6 heteroatoms. The molecule has 0 unspecified atom stereocenters. The molecule has 0 saturated heterocycles. The molecule has 3 aliphatic rings. The first-order valence-electron chi connectivity index (χ1n) is 13.0. The van der Waals surface area contributed by atoms with E-state index in [1.54, 1.807) is 12.1 Å². The van der Waals surface area contributed by atoms with Gasteiger partial charge in [0.15, 0.2) is 11.6 Å². The van der Waals surface area contributed by atoms with Gasteiger partial charge in [0, 0.05) is 60.0 Å². The van der Waals surface area contributed by atoms with Crippen LogP contribution in [0.25, 0.3) is 0 Å². The number of benzene rings is 2. The molecule has 0 amide bonds. The highest BCUT2D eigenvalue weighted by atomic mass is 16.6. The van der Waals surface area contributed by atoms with E-state index in [2.05, 4.69) is 44.7 Å². The Morgan fingerprint density at radius 2 is 1.41 bits per heavy atom. The summed E-state index contributed by atoms with van der Waals surface area (Å²) in [6.07, 6.45) is 3.02. The van der Waals surface area contributed by atoms with Crippen molar-refractivity contribution in [3.05, 3.63) is 98.4 Å². The maximum atomic E-state index is 13.8. The maximum Gasteiger partial charge on any atom is 0.269 e. The minimum Gasteiger partial charge on any atom is -0.347 e. The van der Waals surface area contributed by atoms with Crippen molar-refractivity contribution in [3.8, 4) is 0 Å². The standard InChI is InChI=1S/C31H34N2O4/c1-30(2)16-23-28(25(34)18-30)27(21-11-8-12-22(15-21)33(36)37)29-24(17-31(3,4)19-26(29)35)32(23)14-13-20-9-6-5-7-10-20/h5-12,15,27H,13-14,16-19H2,1-4H3. The van der Waals surface area contributed by atoms with Crippen LogP contribution >= 0.6 is 0 Å². The first kappa shape index (κ1) is 25.1. The second kappa shape index (κ2) is 9.09. The van der Waals surface area contributed by atoms with Crippen LogP contribution in [0.3, 0.4) is 0 Å². The maximum absolute atomic E-state index is 13.8. The number of nitrogens with zero attached hydrogens (tertiary/aromatic N) is 2. The van der Waals surface area contributed by atoms with Gasteiger partial charge < -0.3 is 4.90 Å². The zero-order valence-electron chi connectivity index (χ0n) is 22.0. The van der Waals surface area contributed by atoms with E-state index in [0.717, 1.165) is 30.7 Å². The Labute approximate surface area is 218 Å². The Balaban J connectivity index is 1.71. The van der Waals surface area contributed by atoms with E-state index in [1.807, 2.05) is 24.3 Å². The molecule has 0 bridgehead atoms. The summed E-state index contributed by atoms with van der Waals surface area (Å²) in [5, 5.41) is 11.6. The molecule has 0 saturated carbocycles. The summed E-state index contributed by atoms with van der Waals surface area (Å²) < 4.78 is 0. The summed E-state index contributed by atoms with van der Waals surface area (Å²) in [6, 6.07) is 16.7. The van der Waals surface area contributed by atoms with Crippen LogP contribution in [-0.4, -0.2) is 27.9 Å². The Morgan fingerprint density at radius 3 is 1.95 bits per heavy atom. The second-order valence-electron chi connectivity index (χ2n) is 12.3. The number of carbonyl (C=O) groups excluding carboxylic acids is 2. The van der Waals surface area contributed by atoms with Crippen molar-refractivity contribution in [3.63, 3.8) is 0 Å². The molecule has 192 valence electrons. The number of rotatable bonds is 5. The molecular formula is C31H34N2O4. The molecule has 2 aliphatic carbocycles. The molecule has 37 heavy (non-hydrogen) atoms. The zero-order chi connectivity index (χ0) is 26.5. The van der Waals surface area contributed by atoms with Gasteiger partial charge in [-0.2, -0.15) is 0 Å². The summed E-state index contributed by atoms with van der Waals surface area (Å²) in [4.78, 5) is 41.1. The van der Waals surface area contributed by atoms with Crippen LogP contribution in [0.1, 0.15) is 70.4 Å². The van der Waals surface area contributed by atoms with Gasteiger partial charge >= 0.3 is 0 Å². The van der Waals surface area contributed by atoms with Crippen LogP contribution in [0.4, 0.5) is 5.69 Å². The van der Waals surface area contributed by atoms with Crippen LogP contribution < -0.4 is 0 Å². The van der Waals surface area contributed by atoms with Crippen molar-refractivity contribution in [1.82, 2.24) is 4.90 Å². The largest absolute Gasteiger partial charge is 0.347 e. The van der Waals surface area contributed by atoms with E-state index < -0.39 is 10.8 Å². The van der Waals surface area contributed by atoms with E-state index in [4.69, 9.17) is 0 Å². The molecule has 0 radical (unpaired) electrons. The first-order chi connectivity index (χ1) is 17.5. The van der Waals surface area contributed by atoms with Gasteiger partial charge in [0.05, 0.1) is 4.92 Å². The highest BCUT2D eigenvalue weighted by molar-refractivity contribution is 6.06. The summed E-state index contributed by atoms with van der Waals surface area (Å²) in [6.45, 7) is 9.15.